The Labute approximate surface area is 163 Å². The molecule has 2 atom stereocenters. The first-order valence-corrected chi connectivity index (χ1v) is 10.3. The van der Waals surface area contributed by atoms with Crippen LogP contribution in [0.15, 0.2) is 53.4 Å². The van der Waals surface area contributed by atoms with E-state index in [1.165, 1.54) is 6.07 Å². The van der Waals surface area contributed by atoms with E-state index in [0.29, 0.717) is 5.56 Å². The predicted molar refractivity (Wildman–Crippen MR) is 101 cm³/mol. The van der Waals surface area contributed by atoms with Gasteiger partial charge >= 0.3 is 0 Å². The quantitative estimate of drug-likeness (QED) is 0.830. The van der Waals surface area contributed by atoms with E-state index in [1.807, 2.05) is 42.0 Å². The summed E-state index contributed by atoms with van der Waals surface area (Å²) in [5.41, 5.74) is 1.49. The highest BCUT2D eigenvalue weighted by molar-refractivity contribution is 7.90. The number of sulfonamides is 1. The molecule has 0 radical (unpaired) electrons. The minimum Gasteiger partial charge on any atom is -0.335 e. The highest BCUT2D eigenvalue weighted by Gasteiger charge is 2.38. The smallest absolute Gasteiger partial charge is 0.266 e. The van der Waals surface area contributed by atoms with Crippen LogP contribution in [0.5, 0.6) is 0 Å². The molecule has 0 saturated carbocycles. The van der Waals surface area contributed by atoms with Crippen molar-refractivity contribution in [1.82, 2.24) is 9.62 Å². The zero-order chi connectivity index (χ0) is 20.5. The first kappa shape index (κ1) is 20.0. The number of carbonyl (C=O) groups is 2. The second kappa shape index (κ2) is 7.71. The van der Waals surface area contributed by atoms with Crippen LogP contribution < -0.4 is 4.72 Å². The van der Waals surface area contributed by atoms with Crippen molar-refractivity contribution in [2.24, 2.45) is 5.92 Å². The molecule has 0 aromatic heterocycles. The number of hydrogen-bond acceptors (Lipinski definition) is 4. The standard InChI is InChI=1S/C20H21FN2O4S/c1-13-8-9-18(17(21)10-13)28(26,27)22-20(25)16-11-19(24)23(12-16)14(2)15-6-4-3-5-7-15/h3-10,14,16H,11-12H2,1-2H3,(H,22,25). The molecular weight excluding hydrogens is 383 g/mol. The average molecular weight is 404 g/mol. The molecule has 6 nitrogen and oxygen atoms in total. The van der Waals surface area contributed by atoms with Gasteiger partial charge in [0.15, 0.2) is 0 Å². The van der Waals surface area contributed by atoms with Crippen LogP contribution in [-0.2, 0) is 19.6 Å². The minimum atomic E-state index is -4.36. The molecule has 0 spiro atoms. The van der Waals surface area contributed by atoms with Gasteiger partial charge < -0.3 is 4.90 Å². The highest BCUT2D eigenvalue weighted by atomic mass is 32.2. The average Bonchev–Trinajstić information content (AvgIpc) is 3.03. The fourth-order valence-electron chi connectivity index (χ4n) is 3.29. The lowest BCUT2D eigenvalue weighted by molar-refractivity contribution is -0.130. The van der Waals surface area contributed by atoms with Gasteiger partial charge in [0.2, 0.25) is 11.8 Å². The molecule has 28 heavy (non-hydrogen) atoms. The Balaban J connectivity index is 1.72. The van der Waals surface area contributed by atoms with Gasteiger partial charge in [0.1, 0.15) is 10.7 Å². The molecule has 2 unspecified atom stereocenters. The maximum absolute atomic E-state index is 14.0. The molecule has 1 fully saturated rings. The lowest BCUT2D eigenvalue weighted by Crippen LogP contribution is -2.37. The molecule has 1 N–H and O–H groups in total. The third kappa shape index (κ3) is 4.06. The molecule has 0 bridgehead atoms. The molecule has 3 rings (SSSR count). The number of halogens is 1. The summed E-state index contributed by atoms with van der Waals surface area (Å²) in [5, 5.41) is 0. The van der Waals surface area contributed by atoms with E-state index in [0.717, 1.165) is 17.7 Å². The van der Waals surface area contributed by atoms with Crippen molar-refractivity contribution in [2.45, 2.75) is 31.2 Å². The van der Waals surface area contributed by atoms with E-state index in [4.69, 9.17) is 0 Å². The topological polar surface area (TPSA) is 83.5 Å². The summed E-state index contributed by atoms with van der Waals surface area (Å²) < 4.78 is 40.7. The van der Waals surface area contributed by atoms with E-state index in [2.05, 4.69) is 0 Å². The molecular formula is C20H21FN2O4S. The molecule has 8 heteroatoms. The Morgan fingerprint density at radius 1 is 1.21 bits per heavy atom. The Bertz CT molecular complexity index is 1010. The molecule has 1 saturated heterocycles. The van der Waals surface area contributed by atoms with Gasteiger partial charge in [-0.1, -0.05) is 36.4 Å². The van der Waals surface area contributed by atoms with Gasteiger partial charge in [-0.2, -0.15) is 0 Å². The van der Waals surface area contributed by atoms with Crippen molar-refractivity contribution in [1.29, 1.82) is 0 Å². The van der Waals surface area contributed by atoms with Crippen LogP contribution in [0.3, 0.4) is 0 Å². The zero-order valence-electron chi connectivity index (χ0n) is 15.6. The van der Waals surface area contributed by atoms with E-state index in [-0.39, 0.29) is 24.9 Å². The summed E-state index contributed by atoms with van der Waals surface area (Å²) in [6.45, 7) is 3.59. The maximum Gasteiger partial charge on any atom is 0.266 e. The van der Waals surface area contributed by atoms with Crippen molar-refractivity contribution in [2.75, 3.05) is 6.54 Å². The SMILES string of the molecule is Cc1ccc(S(=O)(=O)NC(=O)C2CC(=O)N(C(C)c3ccccc3)C2)c(F)c1. The summed E-state index contributed by atoms with van der Waals surface area (Å²) in [4.78, 5) is 25.8. The predicted octanol–water partition coefficient (Wildman–Crippen LogP) is 2.55. The Kier molecular flexibility index (Phi) is 5.51. The van der Waals surface area contributed by atoms with E-state index >= 15 is 0 Å². The summed E-state index contributed by atoms with van der Waals surface area (Å²) in [6, 6.07) is 12.8. The van der Waals surface area contributed by atoms with Crippen molar-refractivity contribution >= 4 is 21.8 Å². The molecule has 148 valence electrons. The molecule has 1 aliphatic heterocycles. The maximum atomic E-state index is 14.0. The number of nitrogens with one attached hydrogen (secondary N) is 1. The van der Waals surface area contributed by atoms with Gasteiger partial charge in [0.05, 0.1) is 12.0 Å². The van der Waals surface area contributed by atoms with E-state index in [1.54, 1.807) is 11.8 Å². The summed E-state index contributed by atoms with van der Waals surface area (Å²) in [7, 11) is -4.36. The van der Waals surface area contributed by atoms with Crippen LogP contribution in [0, 0.1) is 18.7 Å². The van der Waals surface area contributed by atoms with Crippen molar-refractivity contribution in [3.05, 3.63) is 65.5 Å². The summed E-state index contributed by atoms with van der Waals surface area (Å²) in [5.74, 6) is -2.78. The fourth-order valence-corrected chi connectivity index (χ4v) is 4.39. The number of likely N-dealkylation sites (tertiary alicyclic amines) is 1. The second-order valence-corrected chi connectivity index (χ2v) is 8.59. The number of amides is 2. The zero-order valence-corrected chi connectivity index (χ0v) is 16.4. The van der Waals surface area contributed by atoms with Gasteiger partial charge in [-0.25, -0.2) is 17.5 Å². The Morgan fingerprint density at radius 3 is 2.54 bits per heavy atom. The lowest BCUT2D eigenvalue weighted by atomic mass is 10.1. The molecule has 1 aliphatic rings. The number of carbonyl (C=O) groups excluding carboxylic acids is 2. The Morgan fingerprint density at radius 2 is 1.89 bits per heavy atom. The lowest BCUT2D eigenvalue weighted by Gasteiger charge is -2.25. The van der Waals surface area contributed by atoms with Crippen LogP contribution in [0.2, 0.25) is 0 Å². The van der Waals surface area contributed by atoms with Gasteiger partial charge in [0, 0.05) is 13.0 Å². The first-order valence-electron chi connectivity index (χ1n) is 8.86. The van der Waals surface area contributed by atoms with Gasteiger partial charge in [-0.3, -0.25) is 9.59 Å². The monoisotopic (exact) mass is 404 g/mol. The first-order chi connectivity index (χ1) is 13.2. The van der Waals surface area contributed by atoms with Crippen molar-refractivity contribution < 1.29 is 22.4 Å². The number of benzene rings is 2. The Hall–Kier alpha value is -2.74. The minimum absolute atomic E-state index is 0.0884. The number of aryl methyl sites for hydroxylation is 1. The third-order valence-corrected chi connectivity index (χ3v) is 6.27. The van der Waals surface area contributed by atoms with Crippen LogP contribution in [0.4, 0.5) is 4.39 Å². The van der Waals surface area contributed by atoms with Crippen LogP contribution >= 0.6 is 0 Å². The summed E-state index contributed by atoms with van der Waals surface area (Å²) in [6.07, 6.45) is -0.0884. The van der Waals surface area contributed by atoms with Gasteiger partial charge in [0.25, 0.3) is 10.0 Å². The second-order valence-electron chi connectivity index (χ2n) is 6.94. The molecule has 1 heterocycles. The number of nitrogens with zero attached hydrogens (tertiary/aromatic N) is 1. The third-order valence-electron chi connectivity index (χ3n) is 4.89. The van der Waals surface area contributed by atoms with E-state index in [9.17, 15) is 22.4 Å². The van der Waals surface area contributed by atoms with Gasteiger partial charge in [-0.15, -0.1) is 0 Å². The molecule has 2 aromatic rings. The number of hydrogen-bond donors (Lipinski definition) is 1. The van der Waals surface area contributed by atoms with E-state index < -0.39 is 32.6 Å². The van der Waals surface area contributed by atoms with Crippen LogP contribution in [0.1, 0.15) is 30.5 Å². The largest absolute Gasteiger partial charge is 0.335 e. The van der Waals surface area contributed by atoms with Crippen molar-refractivity contribution in [3.63, 3.8) is 0 Å². The molecule has 2 aromatic carbocycles. The molecule has 0 aliphatic carbocycles. The summed E-state index contributed by atoms with van der Waals surface area (Å²) >= 11 is 0. The fraction of sp³-hybridized carbons (Fsp3) is 0.300. The normalized spacial score (nSPS) is 18.2. The molecule has 2 amide bonds. The van der Waals surface area contributed by atoms with Crippen molar-refractivity contribution in [3.8, 4) is 0 Å². The number of rotatable bonds is 5. The van der Waals surface area contributed by atoms with Crippen LogP contribution in [0.25, 0.3) is 0 Å². The highest BCUT2D eigenvalue weighted by Crippen LogP contribution is 2.29. The van der Waals surface area contributed by atoms with Gasteiger partial charge in [-0.05, 0) is 37.1 Å². The van der Waals surface area contributed by atoms with Crippen LogP contribution in [-0.4, -0.2) is 31.7 Å².